The van der Waals surface area contributed by atoms with Crippen LogP contribution in [0.25, 0.3) is 0 Å². The highest BCUT2D eigenvalue weighted by atomic mass is 35.5. The van der Waals surface area contributed by atoms with Crippen molar-refractivity contribution < 1.29 is 14.3 Å². The highest BCUT2D eigenvalue weighted by molar-refractivity contribution is 6.30. The second-order valence-electron chi connectivity index (χ2n) is 6.29. The molecule has 0 bridgehead atoms. The SMILES string of the molecule is CC(C)(C)OC(=O)N1CCNC(C=O)C1c1ccc(Cl)cc1. The third kappa shape index (κ3) is 3.99. The van der Waals surface area contributed by atoms with Crippen LogP contribution in [0.15, 0.2) is 24.3 Å². The van der Waals surface area contributed by atoms with E-state index in [1.54, 1.807) is 17.0 Å². The number of hydrogen-bond donors (Lipinski definition) is 1. The van der Waals surface area contributed by atoms with Gasteiger partial charge in [-0.2, -0.15) is 0 Å². The summed E-state index contributed by atoms with van der Waals surface area (Å²) in [4.78, 5) is 25.5. The Morgan fingerprint density at radius 3 is 2.55 bits per heavy atom. The van der Waals surface area contributed by atoms with Crippen molar-refractivity contribution in [1.82, 2.24) is 10.2 Å². The second kappa shape index (κ2) is 6.67. The predicted molar refractivity (Wildman–Crippen MR) is 85.0 cm³/mol. The first kappa shape index (κ1) is 16.8. The average molecular weight is 325 g/mol. The van der Waals surface area contributed by atoms with Gasteiger partial charge in [0.25, 0.3) is 0 Å². The molecule has 0 saturated carbocycles. The van der Waals surface area contributed by atoms with Crippen molar-refractivity contribution >= 4 is 24.0 Å². The van der Waals surface area contributed by atoms with E-state index in [-0.39, 0.29) is 0 Å². The predicted octanol–water partition coefficient (Wildman–Crippen LogP) is 2.79. The molecule has 0 spiro atoms. The molecule has 1 aliphatic rings. The highest BCUT2D eigenvalue weighted by Gasteiger charge is 2.37. The van der Waals surface area contributed by atoms with E-state index in [1.165, 1.54) is 0 Å². The van der Waals surface area contributed by atoms with Gasteiger partial charge in [0.05, 0.1) is 12.1 Å². The van der Waals surface area contributed by atoms with Crippen LogP contribution in [0.5, 0.6) is 0 Å². The zero-order chi connectivity index (χ0) is 16.3. The first-order chi connectivity index (χ1) is 10.3. The molecule has 1 heterocycles. The number of nitrogens with one attached hydrogen (secondary N) is 1. The number of benzene rings is 1. The van der Waals surface area contributed by atoms with Crippen LogP contribution in [0, 0.1) is 0 Å². The fraction of sp³-hybridized carbons (Fsp3) is 0.500. The van der Waals surface area contributed by atoms with Crippen molar-refractivity contribution in [2.24, 2.45) is 0 Å². The molecule has 0 radical (unpaired) electrons. The summed E-state index contributed by atoms with van der Waals surface area (Å²) in [5.41, 5.74) is 0.267. The molecule has 1 saturated heterocycles. The van der Waals surface area contributed by atoms with Gasteiger partial charge in [0.15, 0.2) is 0 Å². The molecule has 22 heavy (non-hydrogen) atoms. The third-order valence-electron chi connectivity index (χ3n) is 3.39. The number of amides is 1. The fourth-order valence-electron chi connectivity index (χ4n) is 2.49. The number of hydrogen-bond acceptors (Lipinski definition) is 4. The minimum absolute atomic E-state index is 0.404. The highest BCUT2D eigenvalue weighted by Crippen LogP contribution is 2.28. The van der Waals surface area contributed by atoms with Crippen LogP contribution in [0.3, 0.4) is 0 Å². The smallest absolute Gasteiger partial charge is 0.410 e. The van der Waals surface area contributed by atoms with Crippen LogP contribution in [0.4, 0.5) is 4.79 Å². The lowest BCUT2D eigenvalue weighted by molar-refractivity contribution is -0.111. The summed E-state index contributed by atoms with van der Waals surface area (Å²) in [6, 6.07) is 6.28. The Labute approximate surface area is 135 Å². The van der Waals surface area contributed by atoms with Crippen LogP contribution in [0.2, 0.25) is 5.02 Å². The van der Waals surface area contributed by atoms with E-state index < -0.39 is 23.8 Å². The van der Waals surface area contributed by atoms with Crippen molar-refractivity contribution in [1.29, 1.82) is 0 Å². The summed E-state index contributed by atoms with van der Waals surface area (Å²) in [6.07, 6.45) is 0.413. The van der Waals surface area contributed by atoms with Crippen LogP contribution >= 0.6 is 11.6 Å². The van der Waals surface area contributed by atoms with E-state index >= 15 is 0 Å². The van der Waals surface area contributed by atoms with Gasteiger partial charge in [-0.15, -0.1) is 0 Å². The topological polar surface area (TPSA) is 58.6 Å². The molecule has 120 valence electrons. The molecule has 1 aromatic carbocycles. The van der Waals surface area contributed by atoms with Crippen molar-refractivity contribution in [3.63, 3.8) is 0 Å². The van der Waals surface area contributed by atoms with Gasteiger partial charge >= 0.3 is 6.09 Å². The monoisotopic (exact) mass is 324 g/mol. The molecule has 2 atom stereocenters. The van der Waals surface area contributed by atoms with E-state index in [2.05, 4.69) is 5.32 Å². The Balaban J connectivity index is 2.30. The first-order valence-electron chi connectivity index (χ1n) is 7.25. The molecule has 1 amide bonds. The summed E-state index contributed by atoms with van der Waals surface area (Å²) < 4.78 is 5.46. The van der Waals surface area contributed by atoms with E-state index in [0.717, 1.165) is 11.8 Å². The Hall–Kier alpha value is -1.59. The Morgan fingerprint density at radius 2 is 2.00 bits per heavy atom. The molecular weight excluding hydrogens is 304 g/mol. The number of nitrogens with zero attached hydrogens (tertiary/aromatic N) is 1. The Bertz CT molecular complexity index is 539. The molecule has 6 heteroatoms. The molecule has 0 aliphatic carbocycles. The van der Waals surface area contributed by atoms with Crippen LogP contribution in [-0.4, -0.2) is 42.0 Å². The van der Waals surface area contributed by atoms with E-state index in [0.29, 0.717) is 18.1 Å². The molecule has 0 aromatic heterocycles. The number of carbonyl (C=O) groups excluding carboxylic acids is 2. The molecule has 2 unspecified atom stereocenters. The number of rotatable bonds is 2. The Kier molecular flexibility index (Phi) is 5.08. The number of halogens is 1. The van der Waals surface area contributed by atoms with E-state index in [9.17, 15) is 9.59 Å². The summed E-state index contributed by atoms with van der Waals surface area (Å²) >= 11 is 5.92. The van der Waals surface area contributed by atoms with Gasteiger partial charge in [0, 0.05) is 18.1 Å². The maximum atomic E-state index is 12.5. The second-order valence-corrected chi connectivity index (χ2v) is 6.72. The first-order valence-corrected chi connectivity index (χ1v) is 7.63. The average Bonchev–Trinajstić information content (AvgIpc) is 2.45. The molecular formula is C16H21ClN2O3. The van der Waals surface area contributed by atoms with Crippen molar-refractivity contribution in [2.45, 2.75) is 38.5 Å². The molecule has 1 aliphatic heterocycles. The van der Waals surface area contributed by atoms with Gasteiger partial charge in [-0.1, -0.05) is 23.7 Å². The van der Waals surface area contributed by atoms with Crippen molar-refractivity contribution in [3.05, 3.63) is 34.9 Å². The van der Waals surface area contributed by atoms with Gasteiger partial charge in [-0.25, -0.2) is 4.79 Å². The Morgan fingerprint density at radius 1 is 1.36 bits per heavy atom. The number of carbonyl (C=O) groups is 2. The molecule has 1 fully saturated rings. The summed E-state index contributed by atoms with van der Waals surface area (Å²) in [7, 11) is 0. The van der Waals surface area contributed by atoms with E-state index in [4.69, 9.17) is 16.3 Å². The number of aldehydes is 1. The standard InChI is InChI=1S/C16H21ClN2O3/c1-16(2,3)22-15(21)19-9-8-18-13(10-20)14(19)11-4-6-12(17)7-5-11/h4-7,10,13-14,18H,8-9H2,1-3H3. The van der Waals surface area contributed by atoms with Crippen LogP contribution in [0.1, 0.15) is 32.4 Å². The minimum Gasteiger partial charge on any atom is -0.444 e. The summed E-state index contributed by atoms with van der Waals surface area (Å²) in [6.45, 7) is 6.49. The van der Waals surface area contributed by atoms with Gasteiger partial charge in [0.2, 0.25) is 0 Å². The van der Waals surface area contributed by atoms with Crippen molar-refractivity contribution in [3.8, 4) is 0 Å². The summed E-state index contributed by atoms with van der Waals surface area (Å²) in [5.74, 6) is 0. The lowest BCUT2D eigenvalue weighted by Crippen LogP contribution is -2.56. The summed E-state index contributed by atoms with van der Waals surface area (Å²) in [5, 5.41) is 3.74. The van der Waals surface area contributed by atoms with Gasteiger partial charge in [-0.05, 0) is 38.5 Å². The quantitative estimate of drug-likeness (QED) is 0.850. The third-order valence-corrected chi connectivity index (χ3v) is 3.65. The number of ether oxygens (including phenoxy) is 1. The zero-order valence-electron chi connectivity index (χ0n) is 13.0. The maximum absolute atomic E-state index is 12.5. The van der Waals surface area contributed by atoms with Gasteiger partial charge in [-0.3, -0.25) is 4.90 Å². The normalized spacial score (nSPS) is 22.3. The van der Waals surface area contributed by atoms with E-state index in [1.807, 2.05) is 32.9 Å². The lowest BCUT2D eigenvalue weighted by Gasteiger charge is -2.40. The minimum atomic E-state index is -0.580. The number of piperazine rings is 1. The largest absolute Gasteiger partial charge is 0.444 e. The van der Waals surface area contributed by atoms with Gasteiger partial charge < -0.3 is 14.8 Å². The van der Waals surface area contributed by atoms with Gasteiger partial charge in [0.1, 0.15) is 11.9 Å². The fourth-order valence-corrected chi connectivity index (χ4v) is 2.62. The maximum Gasteiger partial charge on any atom is 0.410 e. The molecule has 1 N–H and O–H groups in total. The van der Waals surface area contributed by atoms with Crippen molar-refractivity contribution in [2.75, 3.05) is 13.1 Å². The molecule has 2 rings (SSSR count). The lowest BCUT2D eigenvalue weighted by atomic mass is 9.96. The molecule has 1 aromatic rings. The van der Waals surface area contributed by atoms with Crippen LogP contribution in [-0.2, 0) is 9.53 Å². The zero-order valence-corrected chi connectivity index (χ0v) is 13.8. The molecule has 5 nitrogen and oxygen atoms in total. The van der Waals surface area contributed by atoms with Crippen LogP contribution < -0.4 is 5.32 Å².